The van der Waals surface area contributed by atoms with Crippen molar-refractivity contribution in [3.05, 3.63) is 35.4 Å². The molecule has 21 heavy (non-hydrogen) atoms. The van der Waals surface area contributed by atoms with Gasteiger partial charge in [0.25, 0.3) is 0 Å². The zero-order valence-corrected chi connectivity index (χ0v) is 13.6. The first kappa shape index (κ1) is 15.1. The molecule has 1 heterocycles. The minimum Gasteiger partial charge on any atom is -0.312 e. The van der Waals surface area contributed by atoms with Crippen LogP contribution in [0.5, 0.6) is 0 Å². The maximum Gasteiger partial charge on any atom is 0.0446 e. The molecule has 1 saturated carbocycles. The molecule has 2 aliphatic rings. The van der Waals surface area contributed by atoms with Gasteiger partial charge in [-0.3, -0.25) is 4.90 Å². The highest BCUT2D eigenvalue weighted by Gasteiger charge is 2.36. The van der Waals surface area contributed by atoms with E-state index in [1.807, 2.05) is 0 Å². The van der Waals surface area contributed by atoms with Gasteiger partial charge in [0.1, 0.15) is 0 Å². The van der Waals surface area contributed by atoms with E-state index in [0.717, 1.165) is 18.4 Å². The number of nitrogens with one attached hydrogen (secondary N) is 1. The molecule has 1 saturated heterocycles. The Morgan fingerprint density at radius 1 is 1.14 bits per heavy atom. The summed E-state index contributed by atoms with van der Waals surface area (Å²) in [5, 5.41) is 3.54. The molecule has 0 bridgehead atoms. The van der Waals surface area contributed by atoms with Crippen molar-refractivity contribution in [1.82, 2.24) is 10.2 Å². The van der Waals surface area contributed by atoms with Gasteiger partial charge in [0.15, 0.2) is 0 Å². The van der Waals surface area contributed by atoms with Gasteiger partial charge in [0, 0.05) is 18.6 Å². The molecule has 0 amide bonds. The Balaban J connectivity index is 1.66. The summed E-state index contributed by atoms with van der Waals surface area (Å²) in [6.45, 7) is 4.70. The molecule has 1 aromatic rings. The molecule has 0 spiro atoms. The van der Waals surface area contributed by atoms with Gasteiger partial charge in [-0.25, -0.2) is 0 Å². The Kier molecular flexibility index (Phi) is 4.97. The van der Waals surface area contributed by atoms with Gasteiger partial charge >= 0.3 is 0 Å². The quantitative estimate of drug-likeness (QED) is 0.886. The van der Waals surface area contributed by atoms with Crippen molar-refractivity contribution in [3.8, 4) is 0 Å². The van der Waals surface area contributed by atoms with Crippen LogP contribution in [-0.4, -0.2) is 31.1 Å². The third kappa shape index (κ3) is 3.32. The monoisotopic (exact) mass is 286 g/mol. The van der Waals surface area contributed by atoms with E-state index < -0.39 is 0 Å². The van der Waals surface area contributed by atoms with E-state index in [9.17, 15) is 0 Å². The lowest BCUT2D eigenvalue weighted by Crippen LogP contribution is -2.40. The van der Waals surface area contributed by atoms with Crippen LogP contribution in [0.2, 0.25) is 0 Å². The molecule has 1 aromatic carbocycles. The third-order valence-corrected chi connectivity index (χ3v) is 5.68. The molecule has 0 radical (unpaired) electrons. The highest BCUT2D eigenvalue weighted by Crippen LogP contribution is 2.36. The lowest BCUT2D eigenvalue weighted by atomic mass is 9.85. The fourth-order valence-corrected chi connectivity index (χ4v) is 4.31. The Hall–Kier alpha value is -0.860. The van der Waals surface area contributed by atoms with Gasteiger partial charge in [0.2, 0.25) is 0 Å². The number of likely N-dealkylation sites (tertiary alicyclic amines) is 1. The van der Waals surface area contributed by atoms with E-state index in [-0.39, 0.29) is 0 Å². The van der Waals surface area contributed by atoms with Gasteiger partial charge in [-0.2, -0.15) is 0 Å². The lowest BCUT2D eigenvalue weighted by Gasteiger charge is -2.34. The number of benzene rings is 1. The summed E-state index contributed by atoms with van der Waals surface area (Å²) in [6, 6.07) is 10.5. The van der Waals surface area contributed by atoms with Crippen LogP contribution in [0.25, 0.3) is 0 Å². The number of hydrogen-bond acceptors (Lipinski definition) is 2. The van der Waals surface area contributed by atoms with Crippen LogP contribution in [0.15, 0.2) is 24.3 Å². The fraction of sp³-hybridized carbons (Fsp3) is 0.684. The number of aryl methyl sites for hydroxylation is 1. The number of likely N-dealkylation sites (N-methyl/N-ethyl adjacent to an activating group) is 1. The summed E-state index contributed by atoms with van der Waals surface area (Å²) in [7, 11) is 2.10. The highest BCUT2D eigenvalue weighted by atomic mass is 15.2. The Morgan fingerprint density at radius 3 is 2.62 bits per heavy atom. The third-order valence-electron chi connectivity index (χ3n) is 5.68. The molecule has 1 aliphatic heterocycles. The van der Waals surface area contributed by atoms with Crippen LogP contribution in [0.4, 0.5) is 0 Å². The molecule has 2 nitrogen and oxygen atoms in total. The number of hydrogen-bond donors (Lipinski definition) is 1. The van der Waals surface area contributed by atoms with Crippen molar-refractivity contribution in [1.29, 1.82) is 0 Å². The van der Waals surface area contributed by atoms with E-state index >= 15 is 0 Å². The fourth-order valence-electron chi connectivity index (χ4n) is 4.31. The Bertz CT molecular complexity index is 439. The maximum absolute atomic E-state index is 3.54. The Morgan fingerprint density at radius 2 is 1.90 bits per heavy atom. The minimum atomic E-state index is 0.469. The Labute approximate surface area is 129 Å². The standard InChI is InChI=1S/C19H30N2/c1-3-15-8-10-16(11-9-15)18(20-2)14-21-13-12-17-6-4-5-7-19(17)21/h8-11,17-20H,3-7,12-14H2,1-2H3. The molecule has 3 atom stereocenters. The average Bonchev–Trinajstić information content (AvgIpc) is 2.96. The molecule has 3 rings (SSSR count). The lowest BCUT2D eigenvalue weighted by molar-refractivity contribution is 0.169. The van der Waals surface area contributed by atoms with Crippen molar-refractivity contribution < 1.29 is 0 Å². The molecule has 0 aromatic heterocycles. The minimum absolute atomic E-state index is 0.469. The first-order valence-corrected chi connectivity index (χ1v) is 8.82. The van der Waals surface area contributed by atoms with Crippen molar-refractivity contribution in [2.45, 2.75) is 57.5 Å². The van der Waals surface area contributed by atoms with E-state index in [4.69, 9.17) is 0 Å². The van der Waals surface area contributed by atoms with E-state index in [0.29, 0.717) is 6.04 Å². The summed E-state index contributed by atoms with van der Waals surface area (Å²) in [6.07, 6.45) is 8.35. The first-order chi connectivity index (χ1) is 10.3. The number of fused-ring (bicyclic) bond motifs is 1. The van der Waals surface area contributed by atoms with E-state index in [2.05, 4.69) is 48.5 Å². The van der Waals surface area contributed by atoms with Gasteiger partial charge in [0.05, 0.1) is 0 Å². The van der Waals surface area contributed by atoms with E-state index in [1.165, 1.54) is 56.3 Å². The van der Waals surface area contributed by atoms with Gasteiger partial charge in [-0.15, -0.1) is 0 Å². The summed E-state index contributed by atoms with van der Waals surface area (Å²) in [5.41, 5.74) is 2.87. The predicted molar refractivity (Wildman–Crippen MR) is 89.6 cm³/mol. The summed E-state index contributed by atoms with van der Waals surface area (Å²) < 4.78 is 0. The second-order valence-corrected chi connectivity index (χ2v) is 6.83. The topological polar surface area (TPSA) is 15.3 Å². The number of nitrogens with zero attached hydrogens (tertiary/aromatic N) is 1. The van der Waals surface area contributed by atoms with Crippen molar-refractivity contribution in [2.24, 2.45) is 5.92 Å². The molecule has 116 valence electrons. The zero-order chi connectivity index (χ0) is 14.7. The smallest absolute Gasteiger partial charge is 0.0446 e. The SMILES string of the molecule is CCc1ccc(C(CN2CCC3CCCCC32)NC)cc1. The van der Waals surface area contributed by atoms with Crippen LogP contribution in [-0.2, 0) is 6.42 Å². The average molecular weight is 286 g/mol. The van der Waals surface area contributed by atoms with Crippen molar-refractivity contribution >= 4 is 0 Å². The van der Waals surface area contributed by atoms with Crippen LogP contribution in [0.3, 0.4) is 0 Å². The zero-order valence-electron chi connectivity index (χ0n) is 13.6. The van der Waals surface area contributed by atoms with Crippen LogP contribution in [0.1, 0.15) is 56.2 Å². The second kappa shape index (κ2) is 6.93. The summed E-state index contributed by atoms with van der Waals surface area (Å²) in [5.74, 6) is 0.985. The second-order valence-electron chi connectivity index (χ2n) is 6.83. The van der Waals surface area contributed by atoms with Gasteiger partial charge < -0.3 is 5.32 Å². The van der Waals surface area contributed by atoms with Crippen LogP contribution in [0, 0.1) is 5.92 Å². The summed E-state index contributed by atoms with van der Waals surface area (Å²) >= 11 is 0. The molecule has 1 aliphatic carbocycles. The van der Waals surface area contributed by atoms with Gasteiger partial charge in [-0.1, -0.05) is 44.0 Å². The highest BCUT2D eigenvalue weighted by molar-refractivity contribution is 5.25. The molecule has 2 heteroatoms. The largest absolute Gasteiger partial charge is 0.312 e. The van der Waals surface area contributed by atoms with Crippen LogP contribution >= 0.6 is 0 Å². The van der Waals surface area contributed by atoms with Crippen molar-refractivity contribution in [3.63, 3.8) is 0 Å². The first-order valence-electron chi connectivity index (χ1n) is 8.82. The maximum atomic E-state index is 3.54. The molecular weight excluding hydrogens is 256 g/mol. The molecule has 2 fully saturated rings. The number of rotatable bonds is 5. The molecule has 3 unspecified atom stereocenters. The normalized spacial score (nSPS) is 27.5. The van der Waals surface area contributed by atoms with Crippen LogP contribution < -0.4 is 5.32 Å². The van der Waals surface area contributed by atoms with E-state index in [1.54, 1.807) is 0 Å². The molecular formula is C19H30N2. The summed E-state index contributed by atoms with van der Waals surface area (Å²) in [4.78, 5) is 2.76. The molecule has 1 N–H and O–H groups in total. The predicted octanol–water partition coefficient (Wildman–Crippen LogP) is 3.77. The van der Waals surface area contributed by atoms with Gasteiger partial charge in [-0.05, 0) is 56.3 Å². The van der Waals surface area contributed by atoms with Crippen molar-refractivity contribution in [2.75, 3.05) is 20.1 Å².